The van der Waals surface area contributed by atoms with Gasteiger partial charge in [0.05, 0.1) is 22.2 Å². The van der Waals surface area contributed by atoms with Crippen LogP contribution in [0.3, 0.4) is 0 Å². The number of ether oxygens (including phenoxy) is 1. The van der Waals surface area contributed by atoms with Crippen LogP contribution in [0.1, 0.15) is 11.1 Å². The molecule has 2 rings (SSSR count). The number of rotatable bonds is 4. The van der Waals surface area contributed by atoms with Crippen LogP contribution in [0.2, 0.25) is 10.0 Å². The maximum absolute atomic E-state index is 9.25. The van der Waals surface area contributed by atoms with E-state index < -0.39 is 0 Å². The van der Waals surface area contributed by atoms with Crippen LogP contribution in [-0.2, 0) is 6.61 Å². The first-order chi connectivity index (χ1) is 10.1. The Kier molecular flexibility index (Phi) is 5.10. The van der Waals surface area contributed by atoms with Gasteiger partial charge in [0, 0.05) is 12.1 Å². The van der Waals surface area contributed by atoms with Crippen LogP contribution in [0.5, 0.6) is 11.5 Å². The van der Waals surface area contributed by atoms with E-state index in [1.165, 1.54) is 12.1 Å². The van der Waals surface area contributed by atoms with E-state index in [0.29, 0.717) is 22.5 Å². The van der Waals surface area contributed by atoms with Crippen LogP contribution in [0.4, 0.5) is 0 Å². The Morgan fingerprint density at radius 2 is 1.81 bits per heavy atom. The highest BCUT2D eigenvalue weighted by Gasteiger charge is 2.10. The van der Waals surface area contributed by atoms with Gasteiger partial charge < -0.3 is 14.9 Å². The molecular formula is C14H10BCl2NO3. The van der Waals surface area contributed by atoms with Crippen molar-refractivity contribution in [2.24, 2.45) is 0 Å². The molecule has 0 saturated heterocycles. The first-order valence-corrected chi connectivity index (χ1v) is 6.75. The molecule has 0 heterocycles. The zero-order chi connectivity index (χ0) is 15.4. The monoisotopic (exact) mass is 321 g/mol. The van der Waals surface area contributed by atoms with Crippen molar-refractivity contribution >= 4 is 36.1 Å². The van der Waals surface area contributed by atoms with Crippen LogP contribution in [0.15, 0.2) is 30.3 Å². The van der Waals surface area contributed by atoms with E-state index in [0.717, 1.165) is 0 Å². The number of aliphatic hydroxyl groups is 1. The minimum Gasteiger partial charge on any atom is -0.457 e. The first-order valence-electron chi connectivity index (χ1n) is 5.99. The lowest BCUT2D eigenvalue weighted by Crippen LogP contribution is -2.18. The molecule has 0 atom stereocenters. The quantitative estimate of drug-likeness (QED) is 0.846. The molecule has 0 aliphatic rings. The molecule has 0 radical (unpaired) electrons. The zero-order valence-corrected chi connectivity index (χ0v) is 12.3. The van der Waals surface area contributed by atoms with Gasteiger partial charge >= 0.3 is 7.48 Å². The lowest BCUT2D eigenvalue weighted by atomic mass is 9.84. The molecule has 2 aromatic rings. The Balaban J connectivity index is 2.33. The fourth-order valence-corrected chi connectivity index (χ4v) is 2.37. The highest BCUT2D eigenvalue weighted by Crippen LogP contribution is 2.32. The van der Waals surface area contributed by atoms with Crippen molar-refractivity contribution < 1.29 is 14.9 Å². The summed E-state index contributed by atoms with van der Waals surface area (Å²) in [5, 5.41) is 27.7. The minimum atomic E-state index is -0.206. The average molecular weight is 322 g/mol. The third kappa shape index (κ3) is 3.49. The second-order valence-corrected chi connectivity index (χ2v) is 5.04. The SMILES string of the molecule is N#Cc1c(Cl)cc(Oc2ccc(BO)c(CO)c2)cc1Cl. The van der Waals surface area contributed by atoms with Gasteiger partial charge in [-0.05, 0) is 23.2 Å². The largest absolute Gasteiger partial charge is 0.457 e. The van der Waals surface area contributed by atoms with E-state index in [9.17, 15) is 5.11 Å². The highest BCUT2D eigenvalue weighted by atomic mass is 35.5. The Bertz CT molecular complexity index is 693. The molecule has 2 aromatic carbocycles. The van der Waals surface area contributed by atoms with Crippen LogP contribution in [-0.4, -0.2) is 17.6 Å². The summed E-state index contributed by atoms with van der Waals surface area (Å²) in [7, 11) is -0.162. The second-order valence-electron chi connectivity index (χ2n) is 4.22. The van der Waals surface area contributed by atoms with Crippen molar-refractivity contribution in [2.45, 2.75) is 6.61 Å². The first kappa shape index (κ1) is 15.7. The van der Waals surface area contributed by atoms with Crippen molar-refractivity contribution in [1.82, 2.24) is 0 Å². The molecule has 0 fully saturated rings. The van der Waals surface area contributed by atoms with Gasteiger partial charge in [-0.2, -0.15) is 5.26 Å². The summed E-state index contributed by atoms with van der Waals surface area (Å²) in [6.07, 6.45) is 0. The third-order valence-electron chi connectivity index (χ3n) is 2.88. The second kappa shape index (κ2) is 6.84. The lowest BCUT2D eigenvalue weighted by Gasteiger charge is -2.10. The van der Waals surface area contributed by atoms with Crippen molar-refractivity contribution in [3.8, 4) is 17.6 Å². The molecule has 2 N–H and O–H groups in total. The fraction of sp³-hybridized carbons (Fsp3) is 0.0714. The number of benzene rings is 2. The van der Waals surface area contributed by atoms with Gasteiger partial charge in [0.25, 0.3) is 0 Å². The number of halogens is 2. The number of hydrogen-bond acceptors (Lipinski definition) is 4. The van der Waals surface area contributed by atoms with Gasteiger partial charge in [0.2, 0.25) is 0 Å². The normalized spacial score (nSPS) is 10.0. The molecule has 21 heavy (non-hydrogen) atoms. The van der Waals surface area contributed by atoms with Crippen molar-refractivity contribution in [1.29, 1.82) is 5.26 Å². The molecule has 0 aliphatic heterocycles. The van der Waals surface area contributed by atoms with E-state index in [1.807, 2.05) is 6.07 Å². The van der Waals surface area contributed by atoms with Gasteiger partial charge in [0.15, 0.2) is 0 Å². The molecular weight excluding hydrogens is 312 g/mol. The molecule has 0 aliphatic carbocycles. The molecule has 106 valence electrons. The topological polar surface area (TPSA) is 73.5 Å². The summed E-state index contributed by atoms with van der Waals surface area (Å²) in [4.78, 5) is 0. The summed E-state index contributed by atoms with van der Waals surface area (Å²) in [6.45, 7) is -0.206. The summed E-state index contributed by atoms with van der Waals surface area (Å²) in [5.74, 6) is 0.845. The predicted octanol–water partition coefficient (Wildman–Crippen LogP) is 2.12. The Labute approximate surface area is 132 Å². The van der Waals surface area contributed by atoms with E-state index >= 15 is 0 Å². The maximum atomic E-state index is 9.25. The standard InChI is InChI=1S/C14H10BCl2NO3/c16-13-4-10(5-14(17)11(13)6-18)21-9-1-2-12(15-20)8(3-9)7-19/h1-5,15,19-20H,7H2. The fourth-order valence-electron chi connectivity index (χ4n) is 1.82. The number of hydrogen-bond donors (Lipinski definition) is 2. The summed E-state index contributed by atoms with van der Waals surface area (Å²) in [5.41, 5.74) is 1.39. The number of nitriles is 1. The summed E-state index contributed by atoms with van der Waals surface area (Å²) >= 11 is 11.9. The molecule has 0 amide bonds. The van der Waals surface area contributed by atoms with Crippen LogP contribution in [0.25, 0.3) is 0 Å². The average Bonchev–Trinajstić information content (AvgIpc) is 2.46. The molecule has 0 unspecified atom stereocenters. The van der Waals surface area contributed by atoms with Crippen LogP contribution in [0, 0.1) is 11.3 Å². The van der Waals surface area contributed by atoms with Gasteiger partial charge in [-0.25, -0.2) is 0 Å². The molecule has 0 spiro atoms. The Morgan fingerprint density at radius 3 is 2.33 bits per heavy atom. The Morgan fingerprint density at radius 1 is 1.14 bits per heavy atom. The highest BCUT2D eigenvalue weighted by molar-refractivity contribution is 6.46. The third-order valence-corrected chi connectivity index (χ3v) is 3.48. The molecule has 0 aromatic heterocycles. The minimum absolute atomic E-state index is 0.162. The van der Waals surface area contributed by atoms with Gasteiger partial charge in [-0.1, -0.05) is 29.3 Å². The van der Waals surface area contributed by atoms with Gasteiger partial charge in [-0.3, -0.25) is 0 Å². The molecule has 4 nitrogen and oxygen atoms in total. The summed E-state index contributed by atoms with van der Waals surface area (Å²) in [6, 6.07) is 9.82. The smallest absolute Gasteiger partial charge is 0.305 e. The van der Waals surface area contributed by atoms with E-state index in [-0.39, 0.29) is 29.7 Å². The lowest BCUT2D eigenvalue weighted by molar-refractivity contribution is 0.282. The molecule has 0 saturated carbocycles. The van der Waals surface area contributed by atoms with E-state index in [1.54, 1.807) is 18.2 Å². The predicted molar refractivity (Wildman–Crippen MR) is 82.6 cm³/mol. The Hall–Kier alpha value is -1.71. The van der Waals surface area contributed by atoms with Crippen LogP contribution >= 0.6 is 23.2 Å². The molecule has 7 heteroatoms. The zero-order valence-electron chi connectivity index (χ0n) is 10.8. The number of aliphatic hydroxyl groups excluding tert-OH is 1. The van der Waals surface area contributed by atoms with E-state index in [4.69, 9.17) is 38.2 Å². The molecule has 0 bridgehead atoms. The van der Waals surface area contributed by atoms with Crippen molar-refractivity contribution in [2.75, 3.05) is 0 Å². The summed E-state index contributed by atoms with van der Waals surface area (Å²) < 4.78 is 5.61. The maximum Gasteiger partial charge on any atom is 0.305 e. The van der Waals surface area contributed by atoms with Gasteiger partial charge in [-0.15, -0.1) is 0 Å². The van der Waals surface area contributed by atoms with Crippen LogP contribution < -0.4 is 10.2 Å². The van der Waals surface area contributed by atoms with E-state index in [2.05, 4.69) is 0 Å². The van der Waals surface area contributed by atoms with Crippen molar-refractivity contribution in [3.63, 3.8) is 0 Å². The van der Waals surface area contributed by atoms with Gasteiger partial charge in [0.1, 0.15) is 17.6 Å². The number of nitrogens with zero attached hydrogens (tertiary/aromatic N) is 1. The van der Waals surface area contributed by atoms with Crippen molar-refractivity contribution in [3.05, 3.63) is 51.5 Å².